The van der Waals surface area contributed by atoms with Crippen LogP contribution in [0.3, 0.4) is 0 Å². The van der Waals surface area contributed by atoms with Gasteiger partial charge in [-0.05, 0) is 52.9 Å². The van der Waals surface area contributed by atoms with Gasteiger partial charge >= 0.3 is 8.80 Å². The van der Waals surface area contributed by atoms with Gasteiger partial charge in [0.1, 0.15) is 5.84 Å². The van der Waals surface area contributed by atoms with Crippen LogP contribution in [0.15, 0.2) is 9.98 Å². The Morgan fingerprint density at radius 2 is 1.21 bits per heavy atom. The molecule has 224 valence electrons. The molecule has 0 amide bonds. The molecule has 10 heteroatoms. The number of hydrazine groups is 1. The minimum Gasteiger partial charge on any atom is -0.374 e. The van der Waals surface area contributed by atoms with Crippen LogP contribution in [0.4, 0.5) is 0 Å². The average molecular weight is 557 g/mol. The van der Waals surface area contributed by atoms with Crippen molar-refractivity contribution in [1.82, 2.24) is 14.8 Å². The molecule has 1 unspecified atom stereocenters. The van der Waals surface area contributed by atoms with E-state index in [1.165, 1.54) is 0 Å². The van der Waals surface area contributed by atoms with E-state index in [-0.39, 0.29) is 6.29 Å². The van der Waals surface area contributed by atoms with E-state index in [1.54, 1.807) is 0 Å². The van der Waals surface area contributed by atoms with Crippen LogP contribution in [-0.4, -0.2) is 87.7 Å². The molecule has 1 aliphatic rings. The number of aliphatic imine (C=N–C) groups is 2. The van der Waals surface area contributed by atoms with Crippen molar-refractivity contribution in [2.75, 3.05) is 46.0 Å². The maximum atomic E-state index is 6.81. The number of hydrogen-bond donors (Lipinski definition) is 1. The third-order valence-electron chi connectivity index (χ3n) is 6.75. The van der Waals surface area contributed by atoms with Crippen molar-refractivity contribution in [2.24, 2.45) is 15.8 Å². The van der Waals surface area contributed by atoms with Gasteiger partial charge in [0.15, 0.2) is 6.29 Å². The fourth-order valence-corrected chi connectivity index (χ4v) is 7.25. The lowest BCUT2D eigenvalue weighted by Gasteiger charge is -2.40. The molecule has 38 heavy (non-hydrogen) atoms. The van der Waals surface area contributed by atoms with Gasteiger partial charge in [-0.3, -0.25) is 9.91 Å². The first-order valence-electron chi connectivity index (χ1n) is 15.6. The van der Waals surface area contributed by atoms with Crippen molar-refractivity contribution in [3.05, 3.63) is 0 Å². The summed E-state index contributed by atoms with van der Waals surface area (Å²) in [4.78, 5) is 15.1. The van der Waals surface area contributed by atoms with Crippen molar-refractivity contribution < 1.29 is 13.3 Å². The second-order valence-electron chi connectivity index (χ2n) is 9.98. The molecule has 1 heterocycles. The first kappa shape index (κ1) is 35.0. The smallest absolute Gasteiger partial charge is 0.374 e. The molecule has 0 aromatic heterocycles. The first-order chi connectivity index (χ1) is 18.4. The van der Waals surface area contributed by atoms with E-state index < -0.39 is 8.80 Å². The van der Waals surface area contributed by atoms with Gasteiger partial charge in [-0.15, -0.1) is 0 Å². The van der Waals surface area contributed by atoms with Gasteiger partial charge < -0.3 is 18.2 Å². The largest absolute Gasteiger partial charge is 0.500 e. The molecule has 0 radical (unpaired) electrons. The van der Waals surface area contributed by atoms with E-state index >= 15 is 0 Å². The van der Waals surface area contributed by atoms with Crippen LogP contribution < -0.4 is 5.84 Å². The van der Waals surface area contributed by atoms with Crippen molar-refractivity contribution >= 4 is 20.6 Å². The maximum Gasteiger partial charge on any atom is 0.500 e. The third-order valence-corrected chi connectivity index (χ3v) is 9.90. The van der Waals surface area contributed by atoms with Crippen molar-refractivity contribution in [3.8, 4) is 0 Å². The molecule has 0 bridgehead atoms. The lowest BCUT2D eigenvalue weighted by atomic mass is 10.2. The monoisotopic (exact) mass is 556 g/mol. The number of nitrogens with zero attached hydrogens (tertiary/aromatic N) is 5. The van der Waals surface area contributed by atoms with Gasteiger partial charge in [-0.25, -0.2) is 10.8 Å². The van der Waals surface area contributed by atoms with E-state index in [0.717, 1.165) is 108 Å². The standard InChI is InChI=1S/C28H60N6O3Si/c1-8-15-21-32(22-16-9-2)27-30-26(20-19-25-38(35-12-5,36-13-6)37-14-7)34(29)28(31-27)33(23-17-10-3)24-18-11-4/h28H,8-25,29H2,1-7H3. The molecule has 0 aromatic rings. The summed E-state index contributed by atoms with van der Waals surface area (Å²) in [5, 5.41) is 1.82. The molecule has 0 spiro atoms. The highest BCUT2D eigenvalue weighted by Crippen LogP contribution is 2.22. The van der Waals surface area contributed by atoms with Crippen LogP contribution in [0.1, 0.15) is 113 Å². The molecule has 1 rings (SSSR count). The predicted octanol–water partition coefficient (Wildman–Crippen LogP) is 5.85. The van der Waals surface area contributed by atoms with Crippen LogP contribution >= 0.6 is 0 Å². The Kier molecular flexibility index (Phi) is 19.2. The zero-order valence-electron chi connectivity index (χ0n) is 25.8. The highest BCUT2D eigenvalue weighted by molar-refractivity contribution is 6.60. The summed E-state index contributed by atoms with van der Waals surface area (Å²) in [5.74, 6) is 8.54. The number of unbranched alkanes of at least 4 members (excludes halogenated alkanes) is 4. The normalized spacial score (nSPS) is 16.2. The molecule has 0 saturated carbocycles. The SMILES string of the molecule is CCCCN(CCCC)C1=NC(N(CCCC)CCCC)N(N)C(CCC[Si](OCC)(OCC)OCC)=N1. The molecule has 0 saturated heterocycles. The molecule has 9 nitrogen and oxygen atoms in total. The Morgan fingerprint density at radius 3 is 1.66 bits per heavy atom. The molecular weight excluding hydrogens is 496 g/mol. The fourth-order valence-electron chi connectivity index (χ4n) is 4.63. The quantitative estimate of drug-likeness (QED) is 0.125. The summed E-state index contributed by atoms with van der Waals surface area (Å²) >= 11 is 0. The lowest BCUT2D eigenvalue weighted by Crippen LogP contribution is -2.57. The van der Waals surface area contributed by atoms with E-state index in [0.29, 0.717) is 19.8 Å². The molecule has 1 aliphatic heterocycles. The Morgan fingerprint density at radius 1 is 0.737 bits per heavy atom. The lowest BCUT2D eigenvalue weighted by molar-refractivity contribution is 0.0705. The van der Waals surface area contributed by atoms with Gasteiger partial charge in [0, 0.05) is 58.5 Å². The Labute approximate surface area is 235 Å². The third kappa shape index (κ3) is 12.0. The summed E-state index contributed by atoms with van der Waals surface area (Å²) in [6.45, 7) is 20.6. The van der Waals surface area contributed by atoms with Crippen LogP contribution in [0.25, 0.3) is 0 Å². The number of guanidine groups is 1. The summed E-state index contributed by atoms with van der Waals surface area (Å²) in [7, 11) is -2.72. The van der Waals surface area contributed by atoms with E-state index in [2.05, 4.69) is 37.5 Å². The van der Waals surface area contributed by atoms with E-state index in [4.69, 9.17) is 29.1 Å². The fraction of sp³-hybridized carbons (Fsp3) is 0.929. The van der Waals surface area contributed by atoms with Gasteiger partial charge in [-0.2, -0.15) is 4.99 Å². The van der Waals surface area contributed by atoms with Crippen LogP contribution in [0.5, 0.6) is 0 Å². The number of nitrogens with two attached hydrogens (primary N) is 1. The van der Waals surface area contributed by atoms with Crippen LogP contribution in [0, 0.1) is 0 Å². The van der Waals surface area contributed by atoms with Crippen LogP contribution in [-0.2, 0) is 13.3 Å². The van der Waals surface area contributed by atoms with E-state index in [1.807, 2.05) is 25.8 Å². The van der Waals surface area contributed by atoms with Crippen molar-refractivity contribution in [3.63, 3.8) is 0 Å². The summed E-state index contributed by atoms with van der Waals surface area (Å²) in [5.41, 5.74) is 0. The number of rotatable bonds is 23. The Bertz CT molecular complexity index is 633. The number of amidine groups is 1. The second-order valence-corrected chi connectivity index (χ2v) is 12.7. The topological polar surface area (TPSA) is 88.2 Å². The Hall–Kier alpha value is -1.04. The van der Waals surface area contributed by atoms with E-state index in [9.17, 15) is 0 Å². The number of hydrogen-bond acceptors (Lipinski definition) is 9. The summed E-state index contributed by atoms with van der Waals surface area (Å²) < 4.78 is 18.3. The summed E-state index contributed by atoms with van der Waals surface area (Å²) in [6.07, 6.45) is 10.5. The maximum absolute atomic E-state index is 6.81. The molecule has 2 N–H and O–H groups in total. The second kappa shape index (κ2) is 20.8. The van der Waals surface area contributed by atoms with Crippen molar-refractivity contribution in [1.29, 1.82) is 0 Å². The van der Waals surface area contributed by atoms with Gasteiger partial charge in [0.25, 0.3) is 0 Å². The zero-order valence-corrected chi connectivity index (χ0v) is 26.8. The highest BCUT2D eigenvalue weighted by Gasteiger charge is 2.40. The van der Waals surface area contributed by atoms with Gasteiger partial charge in [-0.1, -0.05) is 53.4 Å². The first-order valence-corrected chi connectivity index (χ1v) is 17.5. The molecule has 1 atom stereocenters. The minimum atomic E-state index is -2.72. The van der Waals surface area contributed by atoms with Gasteiger partial charge in [0.05, 0.1) is 0 Å². The van der Waals surface area contributed by atoms with Crippen molar-refractivity contribution in [2.45, 2.75) is 125 Å². The van der Waals surface area contributed by atoms with Crippen LogP contribution in [0.2, 0.25) is 6.04 Å². The minimum absolute atomic E-state index is 0.228. The predicted molar refractivity (Wildman–Crippen MR) is 162 cm³/mol. The Balaban J connectivity index is 3.26. The summed E-state index contributed by atoms with van der Waals surface area (Å²) in [6, 6.07) is 0.747. The molecular formula is C28H60N6O3Si. The highest BCUT2D eigenvalue weighted by atomic mass is 28.4. The zero-order chi connectivity index (χ0) is 28.2. The molecule has 0 fully saturated rings. The van der Waals surface area contributed by atoms with Gasteiger partial charge in [0.2, 0.25) is 5.96 Å². The average Bonchev–Trinajstić information content (AvgIpc) is 2.90. The molecule has 0 aromatic carbocycles. The molecule has 0 aliphatic carbocycles.